The zero-order valence-corrected chi connectivity index (χ0v) is 40.7. The Morgan fingerprint density at radius 2 is 1.09 bits per heavy atom. The van der Waals surface area contributed by atoms with E-state index in [4.69, 9.17) is 10.4 Å². The molecule has 3 N–H and O–H groups in total. The molecule has 0 saturated carbocycles. The number of aliphatic hydroxyl groups is 1. The van der Waals surface area contributed by atoms with Crippen molar-refractivity contribution >= 4 is 49.1 Å². The molecule has 3 amide bonds. The van der Waals surface area contributed by atoms with Crippen LogP contribution in [-0.2, 0) is 25.8 Å². The Kier molecular flexibility index (Phi) is 17.2. The SMILES string of the molecule is Cc1ccc(C(=O)N2CCC(c3ccc(C#N)cc3)CC2)cc1NS(=O)(=O)CCCO.Cc1ccc(C(=O)N2CCC(c3ccc(C(=O)N(C)C)cc3)CC2)cc1NS(=O)(=O)Cc1ccccc1. The van der Waals surface area contributed by atoms with Crippen LogP contribution in [0.1, 0.15) is 108 Å². The highest BCUT2D eigenvalue weighted by molar-refractivity contribution is 7.92. The monoisotopic (exact) mass is 960 g/mol. The highest BCUT2D eigenvalue weighted by Crippen LogP contribution is 2.31. The van der Waals surface area contributed by atoms with Gasteiger partial charge in [0.15, 0.2) is 0 Å². The minimum atomic E-state index is -3.63. The molecule has 0 spiro atoms. The third-order valence-electron chi connectivity index (χ3n) is 12.4. The molecule has 2 saturated heterocycles. The maximum Gasteiger partial charge on any atom is 0.253 e. The minimum Gasteiger partial charge on any atom is -0.396 e. The largest absolute Gasteiger partial charge is 0.396 e. The van der Waals surface area contributed by atoms with Crippen LogP contribution in [0.5, 0.6) is 0 Å². The van der Waals surface area contributed by atoms with Crippen molar-refractivity contribution in [1.29, 1.82) is 5.26 Å². The zero-order chi connectivity index (χ0) is 49.0. The van der Waals surface area contributed by atoms with E-state index in [-0.39, 0.29) is 42.3 Å². The number of anilines is 2. The molecule has 2 aliphatic heterocycles. The van der Waals surface area contributed by atoms with Gasteiger partial charge in [-0.3, -0.25) is 23.8 Å². The summed E-state index contributed by atoms with van der Waals surface area (Å²) < 4.78 is 55.0. The van der Waals surface area contributed by atoms with Crippen molar-refractivity contribution in [2.75, 3.05) is 62.1 Å². The Bertz CT molecular complexity index is 2820. The van der Waals surface area contributed by atoms with Crippen molar-refractivity contribution in [3.63, 3.8) is 0 Å². The van der Waals surface area contributed by atoms with E-state index in [0.717, 1.165) is 36.8 Å². The summed E-state index contributed by atoms with van der Waals surface area (Å²) in [5.41, 5.74) is 7.55. The fourth-order valence-corrected chi connectivity index (χ4v) is 10.8. The molecule has 2 fully saturated rings. The highest BCUT2D eigenvalue weighted by atomic mass is 32.2. The second-order valence-electron chi connectivity index (χ2n) is 17.6. The lowest BCUT2D eigenvalue weighted by Gasteiger charge is -2.32. The number of hydrogen-bond acceptors (Lipinski definition) is 9. The number of rotatable bonds is 14. The number of carbonyl (C=O) groups is 3. The summed E-state index contributed by atoms with van der Waals surface area (Å²) in [6.07, 6.45) is 3.49. The van der Waals surface area contributed by atoms with Crippen LogP contribution in [0.4, 0.5) is 11.4 Å². The van der Waals surface area contributed by atoms with E-state index >= 15 is 0 Å². The van der Waals surface area contributed by atoms with E-state index in [1.165, 1.54) is 11.1 Å². The molecule has 5 aromatic carbocycles. The van der Waals surface area contributed by atoms with Gasteiger partial charge in [0.25, 0.3) is 17.7 Å². The number of likely N-dealkylation sites (tertiary alicyclic amines) is 2. The summed E-state index contributed by atoms with van der Waals surface area (Å²) >= 11 is 0. The van der Waals surface area contributed by atoms with Gasteiger partial charge in [-0.25, -0.2) is 16.8 Å². The molecule has 68 heavy (non-hydrogen) atoms. The maximum absolute atomic E-state index is 13.3. The van der Waals surface area contributed by atoms with Gasteiger partial charge in [0, 0.05) is 63.6 Å². The zero-order valence-electron chi connectivity index (χ0n) is 39.0. The Hall–Kier alpha value is -6.54. The summed E-state index contributed by atoms with van der Waals surface area (Å²) in [6.45, 7) is 5.87. The number of nitrogens with zero attached hydrogens (tertiary/aromatic N) is 4. The van der Waals surface area contributed by atoms with Crippen LogP contribution in [0, 0.1) is 25.2 Å². The van der Waals surface area contributed by atoms with Crippen molar-refractivity contribution in [2.24, 2.45) is 0 Å². The first kappa shape index (κ1) is 50.9. The molecule has 2 aliphatic rings. The Morgan fingerprint density at radius 1 is 0.647 bits per heavy atom. The van der Waals surface area contributed by atoms with Gasteiger partial charge in [-0.2, -0.15) is 5.26 Å². The van der Waals surface area contributed by atoms with Crippen molar-refractivity contribution in [3.05, 3.63) is 165 Å². The van der Waals surface area contributed by atoms with Gasteiger partial charge in [-0.15, -0.1) is 0 Å². The van der Waals surface area contributed by atoms with Crippen LogP contribution < -0.4 is 9.44 Å². The van der Waals surface area contributed by atoms with Crippen LogP contribution in [0.25, 0.3) is 0 Å². The predicted molar refractivity (Wildman–Crippen MR) is 266 cm³/mol. The topological polar surface area (TPSA) is 197 Å². The number of hydrogen-bond donors (Lipinski definition) is 3. The molecule has 5 aromatic rings. The molecule has 0 aliphatic carbocycles. The summed E-state index contributed by atoms with van der Waals surface area (Å²) in [5.74, 6) is 0.122. The van der Waals surface area contributed by atoms with Crippen LogP contribution in [0.3, 0.4) is 0 Å². The predicted octanol–water partition coefficient (Wildman–Crippen LogP) is 7.67. The summed E-state index contributed by atoms with van der Waals surface area (Å²) in [4.78, 5) is 43.6. The molecule has 0 aromatic heterocycles. The molecule has 358 valence electrons. The van der Waals surface area contributed by atoms with E-state index in [1.807, 2.05) is 66.4 Å². The smallest absolute Gasteiger partial charge is 0.253 e. The van der Waals surface area contributed by atoms with Gasteiger partial charge in [-0.1, -0.05) is 66.7 Å². The van der Waals surface area contributed by atoms with Gasteiger partial charge >= 0.3 is 0 Å². The van der Waals surface area contributed by atoms with Crippen molar-refractivity contribution in [2.45, 2.75) is 63.5 Å². The molecule has 0 bridgehead atoms. The number of aryl methyl sites for hydroxylation is 2. The molecule has 2 heterocycles. The van der Waals surface area contributed by atoms with Gasteiger partial charge in [0.1, 0.15) is 0 Å². The van der Waals surface area contributed by atoms with Gasteiger partial charge < -0.3 is 19.8 Å². The normalized spacial score (nSPS) is 14.5. The molecule has 0 unspecified atom stereocenters. The first-order chi connectivity index (χ1) is 32.5. The fraction of sp³-hybridized carbons (Fsp3) is 0.346. The molecule has 16 heteroatoms. The maximum atomic E-state index is 13.3. The van der Waals surface area contributed by atoms with Gasteiger partial charge in [-0.05, 0) is 134 Å². The van der Waals surface area contributed by atoms with Crippen molar-refractivity contribution in [1.82, 2.24) is 14.7 Å². The number of sulfonamides is 2. The average molecular weight is 961 g/mol. The lowest BCUT2D eigenvalue weighted by Crippen LogP contribution is -2.38. The Labute approximate surface area is 400 Å². The van der Waals surface area contributed by atoms with Crippen LogP contribution in [0.15, 0.2) is 115 Å². The first-order valence-electron chi connectivity index (χ1n) is 22.7. The van der Waals surface area contributed by atoms with Crippen molar-refractivity contribution < 1.29 is 36.3 Å². The fourth-order valence-electron chi connectivity index (χ4n) is 8.38. The second-order valence-corrected chi connectivity index (χ2v) is 21.2. The van der Waals surface area contributed by atoms with E-state index in [9.17, 15) is 31.2 Å². The molecular weight excluding hydrogens is 901 g/mol. The number of benzene rings is 5. The molecule has 14 nitrogen and oxygen atoms in total. The van der Waals surface area contributed by atoms with Gasteiger partial charge in [0.05, 0.1) is 34.5 Å². The first-order valence-corrected chi connectivity index (χ1v) is 26.0. The molecule has 0 radical (unpaired) electrons. The Morgan fingerprint density at radius 3 is 1.53 bits per heavy atom. The van der Waals surface area contributed by atoms with Gasteiger partial charge in [0.2, 0.25) is 20.0 Å². The molecular formula is C52H60N6O8S2. The number of amides is 3. The molecule has 7 rings (SSSR count). The number of nitriles is 1. The lowest BCUT2D eigenvalue weighted by molar-refractivity contribution is 0.0705. The van der Waals surface area contributed by atoms with E-state index in [0.29, 0.717) is 77.2 Å². The highest BCUT2D eigenvalue weighted by Gasteiger charge is 2.27. The standard InChI is InChI=1S/C29H33N3O4S.C23H27N3O4S/c1-21-9-10-26(19-27(21)30-37(35,36)20-22-7-5-4-6-8-22)29(34)32-17-15-24(16-18-32)23-11-13-25(14-12-23)28(33)31(2)3;1-17-3-6-21(15-22(17)25-31(29,30)14-2-13-27)23(28)26-11-9-20(10-12-26)19-7-4-18(16-24)5-8-19/h4-14,19,24,30H,15-18,20H2,1-3H3;3-8,15,20,25,27H,2,9-14H2,1H3. The Balaban J connectivity index is 0.000000228. The summed E-state index contributed by atoms with van der Waals surface area (Å²) in [6, 6.07) is 36.7. The summed E-state index contributed by atoms with van der Waals surface area (Å²) in [5, 5.41) is 17.8. The van der Waals surface area contributed by atoms with E-state index in [1.54, 1.807) is 91.5 Å². The van der Waals surface area contributed by atoms with E-state index < -0.39 is 20.0 Å². The number of piperidine rings is 2. The lowest BCUT2D eigenvalue weighted by atomic mass is 9.88. The number of nitrogens with one attached hydrogen (secondary N) is 2. The number of carbonyl (C=O) groups excluding carboxylic acids is 3. The van der Waals surface area contributed by atoms with Crippen LogP contribution >= 0.6 is 0 Å². The van der Waals surface area contributed by atoms with Crippen LogP contribution in [0.2, 0.25) is 0 Å². The summed E-state index contributed by atoms with van der Waals surface area (Å²) in [7, 11) is -3.74. The van der Waals surface area contributed by atoms with E-state index in [2.05, 4.69) is 15.5 Å². The average Bonchev–Trinajstić information content (AvgIpc) is 3.34. The minimum absolute atomic E-state index is 0.0215. The van der Waals surface area contributed by atoms with Crippen LogP contribution in [-0.4, -0.2) is 107 Å². The van der Waals surface area contributed by atoms with Crippen molar-refractivity contribution in [3.8, 4) is 6.07 Å². The number of aliphatic hydroxyl groups excluding tert-OH is 1. The second kappa shape index (κ2) is 23.0. The quantitative estimate of drug-likeness (QED) is 0.100. The third kappa shape index (κ3) is 13.8. The third-order valence-corrected chi connectivity index (χ3v) is 15.0. The molecule has 0 atom stereocenters.